The Morgan fingerprint density at radius 2 is 0.808 bits per heavy atom. The molecule has 0 aliphatic carbocycles. The van der Waals surface area contributed by atoms with Crippen LogP contribution in [-0.2, 0) is 0 Å². The number of nitrogens with one attached hydrogen (secondary N) is 1. The van der Waals surface area contributed by atoms with Crippen molar-refractivity contribution < 1.29 is 0 Å². The Labute approximate surface area is 302 Å². The van der Waals surface area contributed by atoms with E-state index in [1.807, 2.05) is 0 Å². The highest BCUT2D eigenvalue weighted by Crippen LogP contribution is 2.45. The predicted molar refractivity (Wildman–Crippen MR) is 222 cm³/mol. The SMILES string of the molecule is c1ccc(-c2c3ccccc3c(-c3ccccc3)c3cc(Nc4cc(-c5ccccc5)c5c(c4)c4ccccc4n5-c4ccccc4)ccc23)cc1. The summed E-state index contributed by atoms with van der Waals surface area (Å²) >= 11 is 0. The lowest BCUT2D eigenvalue weighted by atomic mass is 9.86. The average Bonchev–Trinajstić information content (AvgIpc) is 3.55. The summed E-state index contributed by atoms with van der Waals surface area (Å²) in [7, 11) is 0. The molecule has 10 aromatic rings. The van der Waals surface area contributed by atoms with E-state index < -0.39 is 0 Å². The fraction of sp³-hybridized carbons (Fsp3) is 0. The second kappa shape index (κ2) is 12.5. The van der Waals surface area contributed by atoms with Crippen molar-refractivity contribution in [3.05, 3.63) is 200 Å². The van der Waals surface area contributed by atoms with Gasteiger partial charge in [-0.05, 0) is 91.8 Å². The van der Waals surface area contributed by atoms with Crippen LogP contribution >= 0.6 is 0 Å². The van der Waals surface area contributed by atoms with Crippen LogP contribution in [0.15, 0.2) is 200 Å². The minimum atomic E-state index is 1.05. The standard InChI is InChI=1S/C50H34N2/c1-5-17-34(18-6-1)44-32-38(33-46-40-25-15-16-28-47(40)52(50(44)46)39-23-11-4-12-24-39)51-37-29-30-43-45(31-37)49(36-21-9-3-10-22-36)42-27-14-13-26-41(42)48(43)35-19-7-2-8-20-35/h1-33,51H. The fourth-order valence-electron chi connectivity index (χ4n) is 8.11. The van der Waals surface area contributed by atoms with Crippen LogP contribution < -0.4 is 5.32 Å². The van der Waals surface area contributed by atoms with Crippen molar-refractivity contribution in [3.8, 4) is 39.1 Å². The van der Waals surface area contributed by atoms with Crippen LogP contribution in [0.5, 0.6) is 0 Å². The molecule has 10 rings (SSSR count). The molecule has 9 aromatic carbocycles. The lowest BCUT2D eigenvalue weighted by Crippen LogP contribution is -1.97. The third kappa shape index (κ3) is 4.96. The van der Waals surface area contributed by atoms with Gasteiger partial charge in [-0.15, -0.1) is 0 Å². The molecule has 2 heteroatoms. The van der Waals surface area contributed by atoms with E-state index in [1.165, 1.54) is 76.7 Å². The first kappa shape index (κ1) is 30.0. The topological polar surface area (TPSA) is 17.0 Å². The van der Waals surface area contributed by atoms with Crippen LogP contribution in [0.1, 0.15) is 0 Å². The molecule has 1 N–H and O–H groups in total. The molecule has 0 spiro atoms. The van der Waals surface area contributed by atoms with Crippen molar-refractivity contribution in [1.29, 1.82) is 0 Å². The van der Waals surface area contributed by atoms with Crippen molar-refractivity contribution in [3.63, 3.8) is 0 Å². The minimum absolute atomic E-state index is 1.05. The Hall–Kier alpha value is -6.90. The average molecular weight is 663 g/mol. The van der Waals surface area contributed by atoms with Crippen molar-refractivity contribution >= 4 is 54.7 Å². The first-order valence-corrected chi connectivity index (χ1v) is 17.9. The van der Waals surface area contributed by atoms with Crippen molar-refractivity contribution in [1.82, 2.24) is 4.57 Å². The summed E-state index contributed by atoms with van der Waals surface area (Å²) in [4.78, 5) is 0. The van der Waals surface area contributed by atoms with Gasteiger partial charge in [0, 0.05) is 33.4 Å². The normalized spacial score (nSPS) is 11.5. The second-order valence-electron chi connectivity index (χ2n) is 13.4. The third-order valence-electron chi connectivity index (χ3n) is 10.3. The molecule has 52 heavy (non-hydrogen) atoms. The number of benzene rings is 9. The smallest absolute Gasteiger partial charge is 0.0620 e. The zero-order valence-electron chi connectivity index (χ0n) is 28.5. The number of aromatic nitrogens is 1. The molecular formula is C50H34N2. The number of para-hydroxylation sites is 2. The number of hydrogen-bond donors (Lipinski definition) is 1. The lowest BCUT2D eigenvalue weighted by molar-refractivity contribution is 1.18. The van der Waals surface area contributed by atoms with Gasteiger partial charge in [-0.3, -0.25) is 0 Å². The number of rotatable bonds is 6. The minimum Gasteiger partial charge on any atom is -0.355 e. The largest absolute Gasteiger partial charge is 0.355 e. The van der Waals surface area contributed by atoms with Crippen LogP contribution in [0.25, 0.3) is 82.4 Å². The molecule has 1 aromatic heterocycles. The highest BCUT2D eigenvalue weighted by Gasteiger charge is 2.20. The van der Waals surface area contributed by atoms with E-state index >= 15 is 0 Å². The van der Waals surface area contributed by atoms with E-state index in [2.05, 4.69) is 210 Å². The molecule has 0 radical (unpaired) electrons. The van der Waals surface area contributed by atoms with Gasteiger partial charge in [-0.25, -0.2) is 0 Å². The summed E-state index contributed by atoms with van der Waals surface area (Å²) in [5.41, 5.74) is 12.9. The zero-order valence-corrected chi connectivity index (χ0v) is 28.5. The van der Waals surface area contributed by atoms with Crippen LogP contribution in [0.4, 0.5) is 11.4 Å². The summed E-state index contributed by atoms with van der Waals surface area (Å²) in [5.74, 6) is 0. The summed E-state index contributed by atoms with van der Waals surface area (Å²) in [6.07, 6.45) is 0. The Morgan fingerprint density at radius 1 is 0.327 bits per heavy atom. The number of hydrogen-bond acceptors (Lipinski definition) is 1. The molecule has 0 aliphatic rings. The van der Waals surface area contributed by atoms with Gasteiger partial charge in [0.25, 0.3) is 0 Å². The van der Waals surface area contributed by atoms with Crippen LogP contribution in [0.2, 0.25) is 0 Å². The van der Waals surface area contributed by atoms with Crippen molar-refractivity contribution in [2.24, 2.45) is 0 Å². The van der Waals surface area contributed by atoms with Gasteiger partial charge >= 0.3 is 0 Å². The maximum Gasteiger partial charge on any atom is 0.0620 e. The molecule has 1 heterocycles. The van der Waals surface area contributed by atoms with Gasteiger partial charge in [0.2, 0.25) is 0 Å². The van der Waals surface area contributed by atoms with Crippen molar-refractivity contribution in [2.45, 2.75) is 0 Å². The van der Waals surface area contributed by atoms with Crippen molar-refractivity contribution in [2.75, 3.05) is 5.32 Å². The molecular weight excluding hydrogens is 629 g/mol. The number of fused-ring (bicyclic) bond motifs is 5. The van der Waals surface area contributed by atoms with Gasteiger partial charge in [-0.2, -0.15) is 0 Å². The van der Waals surface area contributed by atoms with Gasteiger partial charge in [0.15, 0.2) is 0 Å². The number of anilines is 2. The van der Waals surface area contributed by atoms with Gasteiger partial charge in [-0.1, -0.05) is 158 Å². The summed E-state index contributed by atoms with van der Waals surface area (Å²) in [5, 5.41) is 11.3. The maximum atomic E-state index is 3.89. The van der Waals surface area contributed by atoms with E-state index in [9.17, 15) is 0 Å². The van der Waals surface area contributed by atoms with Gasteiger partial charge in [0.1, 0.15) is 0 Å². The molecule has 0 saturated heterocycles. The monoisotopic (exact) mass is 662 g/mol. The molecule has 244 valence electrons. The maximum absolute atomic E-state index is 3.89. The Bertz CT molecular complexity index is 2890. The first-order chi connectivity index (χ1) is 25.8. The molecule has 0 aliphatic heterocycles. The summed E-state index contributed by atoms with van der Waals surface area (Å²) in [6, 6.07) is 72.2. The highest BCUT2D eigenvalue weighted by molar-refractivity contribution is 6.22. The van der Waals surface area contributed by atoms with Crippen LogP contribution in [-0.4, -0.2) is 4.57 Å². The molecule has 0 fully saturated rings. The quantitative estimate of drug-likeness (QED) is 0.175. The molecule has 0 bridgehead atoms. The zero-order chi connectivity index (χ0) is 34.4. The first-order valence-electron chi connectivity index (χ1n) is 17.9. The Balaban J connectivity index is 1.23. The lowest BCUT2D eigenvalue weighted by Gasteiger charge is -2.19. The third-order valence-corrected chi connectivity index (χ3v) is 10.3. The van der Waals surface area contributed by atoms with E-state index in [0.717, 1.165) is 17.1 Å². The van der Waals surface area contributed by atoms with E-state index in [4.69, 9.17) is 0 Å². The summed E-state index contributed by atoms with van der Waals surface area (Å²) < 4.78 is 2.41. The highest BCUT2D eigenvalue weighted by atomic mass is 15.0. The second-order valence-corrected chi connectivity index (χ2v) is 13.4. The van der Waals surface area contributed by atoms with Crippen LogP contribution in [0.3, 0.4) is 0 Å². The molecule has 0 amide bonds. The predicted octanol–water partition coefficient (Wildman–Crippen LogP) is 13.8. The van der Waals surface area contributed by atoms with E-state index in [1.54, 1.807) is 0 Å². The molecule has 0 atom stereocenters. The molecule has 0 saturated carbocycles. The fourth-order valence-corrected chi connectivity index (χ4v) is 8.11. The van der Waals surface area contributed by atoms with Gasteiger partial charge < -0.3 is 9.88 Å². The molecule has 2 nitrogen and oxygen atoms in total. The van der Waals surface area contributed by atoms with E-state index in [0.29, 0.717) is 0 Å². The summed E-state index contributed by atoms with van der Waals surface area (Å²) in [6.45, 7) is 0. The Morgan fingerprint density at radius 3 is 1.44 bits per heavy atom. The van der Waals surface area contributed by atoms with E-state index in [-0.39, 0.29) is 0 Å². The Kier molecular flexibility index (Phi) is 7.18. The molecule has 0 unspecified atom stereocenters. The van der Waals surface area contributed by atoms with Crippen LogP contribution in [0, 0.1) is 0 Å². The number of nitrogens with zero attached hydrogens (tertiary/aromatic N) is 1. The van der Waals surface area contributed by atoms with Gasteiger partial charge in [0.05, 0.1) is 11.0 Å².